The van der Waals surface area contributed by atoms with Crippen LogP contribution in [0, 0.1) is 10.1 Å². The van der Waals surface area contributed by atoms with Gasteiger partial charge in [0.1, 0.15) is 16.4 Å². The maximum atomic E-state index is 13.1. The number of rotatable bonds is 10. The van der Waals surface area contributed by atoms with Crippen LogP contribution in [0.25, 0.3) is 0 Å². The zero-order valence-corrected chi connectivity index (χ0v) is 19.6. The molecule has 11 heteroatoms. The summed E-state index contributed by atoms with van der Waals surface area (Å²) in [5, 5.41) is 15.5. The highest BCUT2D eigenvalue weighted by atomic mass is 32.2. The maximum absolute atomic E-state index is 13.1. The van der Waals surface area contributed by atoms with Crippen LogP contribution in [0.3, 0.4) is 0 Å². The Bertz CT molecular complexity index is 1290. The molecule has 2 N–H and O–H groups in total. The van der Waals surface area contributed by atoms with Crippen molar-refractivity contribution in [1.82, 2.24) is 0 Å². The molecule has 0 amide bonds. The number of nitro groups is 1. The molecule has 0 fully saturated rings. The molecule has 3 rings (SSSR count). The van der Waals surface area contributed by atoms with Crippen molar-refractivity contribution in [2.75, 3.05) is 23.9 Å². The number of nitrogens with zero attached hydrogens (tertiary/aromatic N) is 2. The monoisotopic (exact) mass is 484 g/mol. The normalized spacial score (nSPS) is 11.6. The van der Waals surface area contributed by atoms with E-state index >= 15 is 0 Å². The van der Waals surface area contributed by atoms with Gasteiger partial charge in [-0.3, -0.25) is 20.3 Å². The molecule has 0 unspecified atom stereocenters. The van der Waals surface area contributed by atoms with Gasteiger partial charge in [0.05, 0.1) is 30.0 Å². The van der Waals surface area contributed by atoms with Crippen LogP contribution in [0.2, 0.25) is 0 Å². The Morgan fingerprint density at radius 1 is 1.03 bits per heavy atom. The van der Waals surface area contributed by atoms with E-state index in [9.17, 15) is 18.5 Å². The largest absolute Gasteiger partial charge is 0.497 e. The predicted molar refractivity (Wildman–Crippen MR) is 130 cm³/mol. The van der Waals surface area contributed by atoms with Crippen molar-refractivity contribution in [2.24, 2.45) is 5.10 Å². The molecule has 0 spiro atoms. The third-order valence-corrected chi connectivity index (χ3v) is 6.16. The molecule has 0 atom stereocenters. The van der Waals surface area contributed by atoms with E-state index in [0.717, 1.165) is 17.4 Å². The Labute approximate surface area is 197 Å². The quantitative estimate of drug-likeness (QED) is 0.243. The van der Waals surface area contributed by atoms with E-state index in [-0.39, 0.29) is 22.0 Å². The topological polar surface area (TPSA) is 132 Å². The van der Waals surface area contributed by atoms with E-state index in [1.165, 1.54) is 31.4 Å². The second-order valence-electron chi connectivity index (χ2n) is 7.04. The zero-order chi connectivity index (χ0) is 24.7. The minimum absolute atomic E-state index is 0.0805. The van der Waals surface area contributed by atoms with Crippen molar-refractivity contribution in [2.45, 2.75) is 18.7 Å². The first-order valence-electron chi connectivity index (χ1n) is 10.2. The van der Waals surface area contributed by atoms with Crippen LogP contribution in [0.4, 0.5) is 17.1 Å². The average molecular weight is 485 g/mol. The Kier molecular flexibility index (Phi) is 7.69. The van der Waals surface area contributed by atoms with Crippen molar-refractivity contribution in [3.05, 3.63) is 82.4 Å². The van der Waals surface area contributed by atoms with Crippen LogP contribution >= 0.6 is 0 Å². The van der Waals surface area contributed by atoms with Gasteiger partial charge < -0.3 is 9.47 Å². The van der Waals surface area contributed by atoms with E-state index in [2.05, 4.69) is 15.2 Å². The number of nitro benzene ring substituents is 1. The molecule has 34 heavy (non-hydrogen) atoms. The van der Waals surface area contributed by atoms with Crippen LogP contribution in [0.5, 0.6) is 11.5 Å². The summed E-state index contributed by atoms with van der Waals surface area (Å²) in [5.41, 5.74) is 4.07. The Morgan fingerprint density at radius 3 is 2.26 bits per heavy atom. The van der Waals surface area contributed by atoms with E-state index in [4.69, 9.17) is 9.47 Å². The van der Waals surface area contributed by atoms with Gasteiger partial charge in [-0.2, -0.15) is 5.10 Å². The summed E-state index contributed by atoms with van der Waals surface area (Å²) in [6.07, 6.45) is 0. The second-order valence-corrected chi connectivity index (χ2v) is 8.69. The molecule has 0 aliphatic heterocycles. The molecule has 0 heterocycles. The standard InChI is InChI=1S/C23H24N4O6S/c1-4-33-21-10-5-17(6-11-21)16(2)24-25-22-14-9-19(27(28)29)15-23(22)34(30,31)26-18-7-12-20(32-3)13-8-18/h5-15,25-26H,4H2,1-3H3/b24-16+. The first-order chi connectivity index (χ1) is 16.2. The minimum Gasteiger partial charge on any atom is -0.497 e. The molecule has 3 aromatic rings. The SMILES string of the molecule is CCOc1ccc(/C(C)=N/Nc2ccc([N+](=O)[O-])cc2S(=O)(=O)Nc2ccc(OC)cc2)cc1. The summed E-state index contributed by atoms with van der Waals surface area (Å²) in [6, 6.07) is 17.0. The lowest BCUT2D eigenvalue weighted by Crippen LogP contribution is -2.15. The number of methoxy groups -OCH3 is 1. The molecule has 0 aromatic heterocycles. The summed E-state index contributed by atoms with van der Waals surface area (Å²) in [6.45, 7) is 4.19. The molecule has 3 aromatic carbocycles. The van der Waals surface area contributed by atoms with Crippen molar-refractivity contribution >= 4 is 32.8 Å². The first-order valence-corrected chi connectivity index (χ1v) is 11.7. The van der Waals surface area contributed by atoms with Crippen molar-refractivity contribution < 1.29 is 22.8 Å². The molecule has 0 aliphatic carbocycles. The number of benzene rings is 3. The van der Waals surface area contributed by atoms with Gasteiger partial charge in [-0.1, -0.05) is 0 Å². The van der Waals surface area contributed by atoms with Gasteiger partial charge in [0, 0.05) is 17.8 Å². The van der Waals surface area contributed by atoms with Crippen molar-refractivity contribution in [1.29, 1.82) is 0 Å². The van der Waals surface area contributed by atoms with Crippen molar-refractivity contribution in [3.8, 4) is 11.5 Å². The summed E-state index contributed by atoms with van der Waals surface area (Å²) in [7, 11) is -2.69. The predicted octanol–water partition coefficient (Wildman–Crippen LogP) is 4.64. The van der Waals surface area contributed by atoms with E-state index < -0.39 is 14.9 Å². The highest BCUT2D eigenvalue weighted by Crippen LogP contribution is 2.29. The summed E-state index contributed by atoms with van der Waals surface area (Å²) in [5.74, 6) is 1.28. The number of sulfonamides is 1. The molecule has 0 radical (unpaired) electrons. The number of ether oxygens (including phenoxy) is 2. The van der Waals surface area contributed by atoms with Crippen LogP contribution in [-0.4, -0.2) is 32.8 Å². The molecule has 10 nitrogen and oxygen atoms in total. The van der Waals surface area contributed by atoms with E-state index in [1.807, 2.05) is 19.1 Å². The summed E-state index contributed by atoms with van der Waals surface area (Å²) < 4.78 is 39.1. The molecular formula is C23H24N4O6S. The van der Waals surface area contributed by atoms with Gasteiger partial charge in [-0.25, -0.2) is 8.42 Å². The number of anilines is 2. The van der Waals surface area contributed by atoms with Gasteiger partial charge >= 0.3 is 0 Å². The third-order valence-electron chi connectivity index (χ3n) is 4.73. The highest BCUT2D eigenvalue weighted by molar-refractivity contribution is 7.92. The first kappa shape index (κ1) is 24.5. The van der Waals surface area contributed by atoms with Gasteiger partial charge in [0.15, 0.2) is 0 Å². The lowest BCUT2D eigenvalue weighted by molar-refractivity contribution is -0.385. The number of hydrazone groups is 1. The second kappa shape index (κ2) is 10.7. The molecule has 0 saturated carbocycles. The fourth-order valence-corrected chi connectivity index (χ4v) is 4.21. The van der Waals surface area contributed by atoms with Gasteiger partial charge in [-0.15, -0.1) is 0 Å². The Balaban J connectivity index is 1.91. The molecule has 0 saturated heterocycles. The molecule has 0 aliphatic rings. The molecule has 178 valence electrons. The minimum atomic E-state index is -4.19. The van der Waals surface area contributed by atoms with Crippen LogP contribution in [0.1, 0.15) is 19.4 Å². The van der Waals surface area contributed by atoms with Crippen LogP contribution < -0.4 is 19.6 Å². The van der Waals surface area contributed by atoms with E-state index in [1.54, 1.807) is 31.2 Å². The van der Waals surface area contributed by atoms with Crippen LogP contribution in [0.15, 0.2) is 76.7 Å². The number of non-ortho nitro benzene ring substituents is 1. The lowest BCUT2D eigenvalue weighted by atomic mass is 10.1. The molecular weight excluding hydrogens is 460 g/mol. The van der Waals surface area contributed by atoms with E-state index in [0.29, 0.717) is 18.1 Å². The van der Waals surface area contributed by atoms with Gasteiger partial charge in [0.2, 0.25) is 0 Å². The average Bonchev–Trinajstić information content (AvgIpc) is 2.83. The molecule has 0 bridgehead atoms. The Hall–Kier alpha value is -4.12. The van der Waals surface area contributed by atoms with Gasteiger partial charge in [-0.05, 0) is 74.0 Å². The lowest BCUT2D eigenvalue weighted by Gasteiger charge is -2.13. The van der Waals surface area contributed by atoms with Crippen molar-refractivity contribution in [3.63, 3.8) is 0 Å². The fourth-order valence-electron chi connectivity index (χ4n) is 2.98. The highest BCUT2D eigenvalue weighted by Gasteiger charge is 2.23. The Morgan fingerprint density at radius 2 is 1.68 bits per heavy atom. The smallest absolute Gasteiger partial charge is 0.270 e. The number of hydrogen-bond donors (Lipinski definition) is 2. The zero-order valence-electron chi connectivity index (χ0n) is 18.8. The van der Waals surface area contributed by atoms with Crippen LogP contribution in [-0.2, 0) is 10.0 Å². The third kappa shape index (κ3) is 6.01. The maximum Gasteiger partial charge on any atom is 0.270 e. The number of nitrogens with one attached hydrogen (secondary N) is 2. The summed E-state index contributed by atoms with van der Waals surface area (Å²) >= 11 is 0. The summed E-state index contributed by atoms with van der Waals surface area (Å²) in [4.78, 5) is 10.3. The fraction of sp³-hybridized carbons (Fsp3) is 0.174. The number of hydrogen-bond acceptors (Lipinski definition) is 8. The van der Waals surface area contributed by atoms with Gasteiger partial charge in [0.25, 0.3) is 15.7 Å².